The van der Waals surface area contributed by atoms with Crippen molar-refractivity contribution >= 4 is 23.8 Å². The van der Waals surface area contributed by atoms with Gasteiger partial charge in [0, 0.05) is 24.6 Å². The largest absolute Gasteiger partial charge is 0.493 e. The van der Waals surface area contributed by atoms with Gasteiger partial charge in [-0.1, -0.05) is 11.6 Å². The maximum atomic E-state index is 11.0. The summed E-state index contributed by atoms with van der Waals surface area (Å²) in [6.07, 6.45) is 1.56. The molecule has 1 amide bonds. The van der Waals surface area contributed by atoms with Crippen LogP contribution < -0.4 is 14.8 Å². The molecule has 0 bridgehead atoms. The van der Waals surface area contributed by atoms with Gasteiger partial charge in [-0.3, -0.25) is 9.59 Å². The third kappa shape index (κ3) is 4.44. The Morgan fingerprint density at radius 1 is 1.47 bits per heavy atom. The Balaban J connectivity index is 2.71. The number of nitrogens with one attached hydrogen (secondary N) is 1. The first-order chi connectivity index (χ1) is 9.12. The Labute approximate surface area is 116 Å². The number of carbonyl (C=O) groups is 2. The van der Waals surface area contributed by atoms with Crippen LogP contribution in [0, 0.1) is 0 Å². The Hall–Kier alpha value is -1.75. The molecule has 0 aliphatic heterocycles. The molecule has 19 heavy (non-hydrogen) atoms. The van der Waals surface area contributed by atoms with Crippen LogP contribution in [0.1, 0.15) is 23.2 Å². The van der Waals surface area contributed by atoms with E-state index in [4.69, 9.17) is 21.1 Å². The van der Waals surface area contributed by atoms with Gasteiger partial charge in [0.05, 0.1) is 19.3 Å². The van der Waals surface area contributed by atoms with Crippen LogP contribution in [0.4, 0.5) is 0 Å². The molecule has 0 saturated heterocycles. The summed E-state index contributed by atoms with van der Waals surface area (Å²) in [5, 5.41) is 2.92. The lowest BCUT2D eigenvalue weighted by atomic mass is 10.2. The molecule has 6 heteroatoms. The number of amides is 1. The predicted octanol–water partition coefficient (Wildman–Crippen LogP) is 2.07. The second kappa shape index (κ2) is 7.63. The van der Waals surface area contributed by atoms with Gasteiger partial charge in [-0.2, -0.15) is 0 Å². The minimum Gasteiger partial charge on any atom is -0.493 e. The average molecular weight is 286 g/mol. The zero-order chi connectivity index (χ0) is 14.3. The molecule has 0 aromatic heterocycles. The van der Waals surface area contributed by atoms with Crippen LogP contribution >= 0.6 is 11.6 Å². The molecule has 0 heterocycles. The van der Waals surface area contributed by atoms with Crippen molar-refractivity contribution in [2.75, 3.05) is 20.8 Å². The van der Waals surface area contributed by atoms with E-state index in [2.05, 4.69) is 5.32 Å². The topological polar surface area (TPSA) is 64.6 Å². The summed E-state index contributed by atoms with van der Waals surface area (Å²) in [6.45, 7) is 0.312. The van der Waals surface area contributed by atoms with Gasteiger partial charge in [0.15, 0.2) is 17.8 Å². The third-order valence-electron chi connectivity index (χ3n) is 2.47. The summed E-state index contributed by atoms with van der Waals surface area (Å²) in [7, 11) is 3.05. The molecule has 1 aromatic carbocycles. The Bertz CT molecular complexity index is 462. The van der Waals surface area contributed by atoms with Crippen LogP contribution in [0.5, 0.6) is 11.5 Å². The maximum absolute atomic E-state index is 11.0. The van der Waals surface area contributed by atoms with Crippen molar-refractivity contribution in [2.24, 2.45) is 0 Å². The molecule has 0 radical (unpaired) electrons. The van der Waals surface area contributed by atoms with Crippen molar-refractivity contribution in [3.8, 4) is 11.5 Å². The molecule has 5 nitrogen and oxygen atoms in total. The van der Waals surface area contributed by atoms with Gasteiger partial charge in [-0.05, 0) is 12.5 Å². The third-order valence-corrected chi connectivity index (χ3v) is 2.69. The summed E-state index contributed by atoms with van der Waals surface area (Å²) in [4.78, 5) is 22.0. The van der Waals surface area contributed by atoms with Crippen molar-refractivity contribution in [1.82, 2.24) is 5.32 Å². The molecule has 0 aliphatic rings. The Morgan fingerprint density at radius 3 is 2.79 bits per heavy atom. The fourth-order valence-electron chi connectivity index (χ4n) is 1.51. The summed E-state index contributed by atoms with van der Waals surface area (Å²) in [5.74, 6) is 0.690. The van der Waals surface area contributed by atoms with E-state index in [1.807, 2.05) is 0 Å². The Kier molecular flexibility index (Phi) is 6.15. The first-order valence-corrected chi connectivity index (χ1v) is 6.16. The number of carbonyl (C=O) groups excluding carboxylic acids is 2. The maximum Gasteiger partial charge on any atom is 0.219 e. The molecule has 104 valence electrons. The first-order valence-electron chi connectivity index (χ1n) is 5.78. The highest BCUT2D eigenvalue weighted by Crippen LogP contribution is 2.33. The van der Waals surface area contributed by atoms with Gasteiger partial charge >= 0.3 is 0 Å². The number of aldehydes is 1. The number of ether oxygens (including phenoxy) is 2. The van der Waals surface area contributed by atoms with Crippen LogP contribution in [0.15, 0.2) is 12.1 Å². The molecule has 0 unspecified atom stereocenters. The van der Waals surface area contributed by atoms with Gasteiger partial charge in [-0.15, -0.1) is 0 Å². The van der Waals surface area contributed by atoms with Crippen LogP contribution in [0.25, 0.3) is 0 Å². The minimum absolute atomic E-state index is 0.0534. The average Bonchev–Trinajstić information content (AvgIpc) is 2.43. The monoisotopic (exact) mass is 285 g/mol. The normalized spacial score (nSPS) is 9.84. The lowest BCUT2D eigenvalue weighted by molar-refractivity contribution is -0.120. The molecule has 0 saturated carbocycles. The summed E-state index contributed by atoms with van der Waals surface area (Å²) < 4.78 is 10.6. The molecule has 1 N–H and O–H groups in total. The van der Waals surface area contributed by atoms with Crippen molar-refractivity contribution in [1.29, 1.82) is 0 Å². The number of methoxy groups -OCH3 is 1. The van der Waals surface area contributed by atoms with E-state index in [1.165, 1.54) is 13.2 Å². The lowest BCUT2D eigenvalue weighted by Crippen LogP contribution is -2.18. The van der Waals surface area contributed by atoms with Crippen LogP contribution in [-0.2, 0) is 4.79 Å². The summed E-state index contributed by atoms with van der Waals surface area (Å²) in [6, 6.07) is 3.08. The second-order valence-corrected chi connectivity index (χ2v) is 4.21. The zero-order valence-corrected chi connectivity index (χ0v) is 11.6. The van der Waals surface area contributed by atoms with E-state index in [-0.39, 0.29) is 5.91 Å². The smallest absolute Gasteiger partial charge is 0.219 e. The number of halogens is 1. The van der Waals surface area contributed by atoms with Gasteiger partial charge in [-0.25, -0.2) is 0 Å². The number of rotatable bonds is 7. The van der Waals surface area contributed by atoms with Gasteiger partial charge in [0.2, 0.25) is 5.91 Å². The van der Waals surface area contributed by atoms with E-state index >= 15 is 0 Å². The fraction of sp³-hybridized carbons (Fsp3) is 0.385. The summed E-state index contributed by atoms with van der Waals surface area (Å²) >= 11 is 5.85. The van der Waals surface area contributed by atoms with Gasteiger partial charge < -0.3 is 14.8 Å². The quantitative estimate of drug-likeness (QED) is 0.615. The molecule has 1 aromatic rings. The molecule has 0 atom stereocenters. The SMILES string of the molecule is CNC(=O)CCCOc1c(C=O)cc(Cl)cc1OC. The van der Waals surface area contributed by atoms with E-state index in [0.29, 0.717) is 47.8 Å². The van der Waals surface area contributed by atoms with Gasteiger partial charge in [0.25, 0.3) is 0 Å². The van der Waals surface area contributed by atoms with Crippen LogP contribution in [-0.4, -0.2) is 33.0 Å². The van der Waals surface area contributed by atoms with Crippen molar-refractivity contribution in [2.45, 2.75) is 12.8 Å². The summed E-state index contributed by atoms with van der Waals surface area (Å²) in [5.41, 5.74) is 0.323. The van der Waals surface area contributed by atoms with Gasteiger partial charge in [0.1, 0.15) is 0 Å². The molecular weight excluding hydrogens is 270 g/mol. The van der Waals surface area contributed by atoms with Crippen LogP contribution in [0.2, 0.25) is 5.02 Å². The molecular formula is C13H16ClNO4. The van der Waals surface area contributed by atoms with E-state index in [0.717, 1.165) is 0 Å². The van der Waals surface area contributed by atoms with E-state index in [1.54, 1.807) is 13.1 Å². The standard InChI is InChI=1S/C13H16ClNO4/c1-15-12(17)4-3-5-19-13-9(8-16)6-10(14)7-11(13)18-2/h6-8H,3-5H2,1-2H3,(H,15,17). The Morgan fingerprint density at radius 2 is 2.21 bits per heavy atom. The minimum atomic E-state index is -0.0534. The molecule has 1 rings (SSSR count). The highest BCUT2D eigenvalue weighted by Gasteiger charge is 2.12. The van der Waals surface area contributed by atoms with Crippen molar-refractivity contribution < 1.29 is 19.1 Å². The van der Waals surface area contributed by atoms with E-state index < -0.39 is 0 Å². The predicted molar refractivity (Wildman–Crippen MR) is 72.2 cm³/mol. The second-order valence-electron chi connectivity index (χ2n) is 3.77. The number of hydrogen-bond donors (Lipinski definition) is 1. The number of hydrogen-bond acceptors (Lipinski definition) is 4. The van der Waals surface area contributed by atoms with E-state index in [9.17, 15) is 9.59 Å². The molecule has 0 aliphatic carbocycles. The van der Waals surface area contributed by atoms with Crippen LogP contribution in [0.3, 0.4) is 0 Å². The van der Waals surface area contributed by atoms with Crippen molar-refractivity contribution in [3.63, 3.8) is 0 Å². The highest BCUT2D eigenvalue weighted by molar-refractivity contribution is 6.31. The fourth-order valence-corrected chi connectivity index (χ4v) is 1.73. The zero-order valence-electron chi connectivity index (χ0n) is 10.9. The number of benzene rings is 1. The first kappa shape index (κ1) is 15.3. The molecule has 0 fully saturated rings. The molecule has 0 spiro atoms. The highest BCUT2D eigenvalue weighted by atomic mass is 35.5. The van der Waals surface area contributed by atoms with Crippen molar-refractivity contribution in [3.05, 3.63) is 22.7 Å². The lowest BCUT2D eigenvalue weighted by Gasteiger charge is -2.13.